The molecule has 0 aliphatic carbocycles. The molecule has 374 valence electrons. The SMILES string of the molecule is CCCCCCCCC(CC)OC(=O)CCCCCCCN(CCCCCCCC(=O)OC(CCCCCCCC)CCCCCCCC)CCCNS(=O)(=O)CC1COCCO1. The lowest BCUT2D eigenvalue weighted by Crippen LogP contribution is -2.39. The normalized spacial score (nSPS) is 15.0. The number of esters is 2. The molecule has 0 saturated carbocycles. The highest BCUT2D eigenvalue weighted by atomic mass is 32.2. The second kappa shape index (κ2) is 43.3. The summed E-state index contributed by atoms with van der Waals surface area (Å²) in [5.74, 6) is -0.119. The Labute approximate surface area is 389 Å². The predicted molar refractivity (Wildman–Crippen MR) is 263 cm³/mol. The molecule has 1 aliphatic rings. The van der Waals surface area contributed by atoms with E-state index in [1.54, 1.807) is 0 Å². The first-order valence-electron chi connectivity index (χ1n) is 27.0. The molecule has 0 aromatic heterocycles. The fourth-order valence-electron chi connectivity index (χ4n) is 8.63. The smallest absolute Gasteiger partial charge is 0.306 e. The Balaban J connectivity index is 2.43. The van der Waals surface area contributed by atoms with Crippen LogP contribution in [-0.4, -0.2) is 95.3 Å². The first kappa shape index (κ1) is 59.7. The number of rotatable bonds is 47. The minimum Gasteiger partial charge on any atom is -0.462 e. The standard InChI is InChI=1S/C52H102N2O8S/c1-5-9-12-15-20-27-35-48(8-4)61-51(55)38-30-23-18-25-32-41-54(43-34-40-53-63(57,58)47-50-46-59-44-45-60-50)42-33-26-19-24-31-39-52(56)62-49(36-28-21-16-13-10-6-2)37-29-22-17-14-11-7-3/h48-50,53H,5-47H2,1-4H3. The van der Waals surface area contributed by atoms with E-state index in [9.17, 15) is 18.0 Å². The molecule has 0 aromatic carbocycles. The topological polar surface area (TPSA) is 120 Å². The van der Waals surface area contributed by atoms with Crippen molar-refractivity contribution in [1.82, 2.24) is 9.62 Å². The van der Waals surface area contributed by atoms with Gasteiger partial charge in [0.2, 0.25) is 10.0 Å². The average molecular weight is 915 g/mol. The van der Waals surface area contributed by atoms with Crippen molar-refractivity contribution in [3.8, 4) is 0 Å². The second-order valence-electron chi connectivity index (χ2n) is 18.8. The Morgan fingerprint density at radius 2 is 0.952 bits per heavy atom. The largest absolute Gasteiger partial charge is 0.462 e. The summed E-state index contributed by atoms with van der Waals surface area (Å²) < 4.78 is 50.9. The maximum Gasteiger partial charge on any atom is 0.306 e. The number of hydrogen-bond donors (Lipinski definition) is 1. The van der Waals surface area contributed by atoms with Crippen LogP contribution in [-0.2, 0) is 38.6 Å². The van der Waals surface area contributed by atoms with Crippen molar-refractivity contribution in [1.29, 1.82) is 0 Å². The Morgan fingerprint density at radius 1 is 0.540 bits per heavy atom. The van der Waals surface area contributed by atoms with Gasteiger partial charge in [-0.2, -0.15) is 0 Å². The zero-order valence-corrected chi connectivity index (χ0v) is 42.6. The number of carbonyl (C=O) groups excluding carboxylic acids is 2. The average Bonchev–Trinajstić information content (AvgIpc) is 3.27. The summed E-state index contributed by atoms with van der Waals surface area (Å²) in [5, 5.41) is 0. The van der Waals surface area contributed by atoms with E-state index < -0.39 is 16.1 Å². The molecule has 1 N–H and O–H groups in total. The molecule has 1 saturated heterocycles. The molecule has 0 bridgehead atoms. The quantitative estimate of drug-likeness (QED) is 0.0470. The lowest BCUT2D eigenvalue weighted by Gasteiger charge is -2.24. The molecule has 11 heteroatoms. The maximum absolute atomic E-state index is 12.9. The second-order valence-corrected chi connectivity index (χ2v) is 20.6. The van der Waals surface area contributed by atoms with Crippen LogP contribution in [0.15, 0.2) is 0 Å². The van der Waals surface area contributed by atoms with Crippen LogP contribution in [0.2, 0.25) is 0 Å². The summed E-state index contributed by atoms with van der Waals surface area (Å²) in [7, 11) is -3.43. The van der Waals surface area contributed by atoms with Gasteiger partial charge in [-0.1, -0.05) is 163 Å². The van der Waals surface area contributed by atoms with E-state index in [2.05, 4.69) is 37.3 Å². The molecule has 0 amide bonds. The molecular formula is C52H102N2O8S. The molecule has 1 heterocycles. The predicted octanol–water partition coefficient (Wildman–Crippen LogP) is 13.2. The van der Waals surface area contributed by atoms with Gasteiger partial charge >= 0.3 is 11.9 Å². The highest BCUT2D eigenvalue weighted by molar-refractivity contribution is 7.89. The summed E-state index contributed by atoms with van der Waals surface area (Å²) in [4.78, 5) is 27.9. The summed E-state index contributed by atoms with van der Waals surface area (Å²) in [6, 6.07) is 0. The van der Waals surface area contributed by atoms with Crippen LogP contribution in [0.3, 0.4) is 0 Å². The fourth-order valence-corrected chi connectivity index (χ4v) is 9.88. The van der Waals surface area contributed by atoms with E-state index in [0.717, 1.165) is 135 Å². The van der Waals surface area contributed by atoms with Crippen molar-refractivity contribution in [3.05, 3.63) is 0 Å². The molecule has 1 rings (SSSR count). The van der Waals surface area contributed by atoms with Gasteiger partial charge in [0.1, 0.15) is 12.2 Å². The molecule has 63 heavy (non-hydrogen) atoms. The van der Waals surface area contributed by atoms with Gasteiger partial charge in [-0.15, -0.1) is 0 Å². The molecule has 1 fully saturated rings. The summed E-state index contributed by atoms with van der Waals surface area (Å²) >= 11 is 0. The molecule has 0 spiro atoms. The number of nitrogens with one attached hydrogen (secondary N) is 1. The lowest BCUT2D eigenvalue weighted by molar-refractivity contribution is -0.150. The van der Waals surface area contributed by atoms with Crippen LogP contribution in [0.5, 0.6) is 0 Å². The van der Waals surface area contributed by atoms with Gasteiger partial charge in [-0.25, -0.2) is 13.1 Å². The van der Waals surface area contributed by atoms with Crippen molar-refractivity contribution >= 4 is 22.0 Å². The minimum absolute atomic E-state index is 0.0118. The molecule has 2 atom stereocenters. The Kier molecular flexibility index (Phi) is 41.1. The minimum atomic E-state index is -3.43. The van der Waals surface area contributed by atoms with E-state index in [1.165, 1.54) is 96.3 Å². The van der Waals surface area contributed by atoms with Gasteiger partial charge in [-0.05, 0) is 96.7 Å². The maximum atomic E-state index is 12.9. The van der Waals surface area contributed by atoms with Gasteiger partial charge < -0.3 is 23.8 Å². The number of sulfonamides is 1. The third kappa shape index (κ3) is 38.5. The van der Waals surface area contributed by atoms with Crippen LogP contribution >= 0.6 is 0 Å². The van der Waals surface area contributed by atoms with Crippen molar-refractivity contribution < 1.29 is 37.0 Å². The monoisotopic (exact) mass is 915 g/mol. The number of ether oxygens (including phenoxy) is 4. The third-order valence-corrected chi connectivity index (χ3v) is 14.1. The zero-order valence-electron chi connectivity index (χ0n) is 41.8. The summed E-state index contributed by atoms with van der Waals surface area (Å²) in [6.07, 6.45) is 38.6. The van der Waals surface area contributed by atoms with E-state index >= 15 is 0 Å². The molecular weight excluding hydrogens is 813 g/mol. The van der Waals surface area contributed by atoms with Crippen molar-refractivity contribution in [2.24, 2.45) is 0 Å². The first-order chi connectivity index (χ1) is 30.7. The van der Waals surface area contributed by atoms with E-state index in [4.69, 9.17) is 18.9 Å². The van der Waals surface area contributed by atoms with E-state index in [0.29, 0.717) is 39.2 Å². The number of hydrogen-bond acceptors (Lipinski definition) is 9. The molecule has 10 nitrogen and oxygen atoms in total. The number of unbranched alkanes of at least 4 members (excludes halogenated alkanes) is 23. The summed E-state index contributed by atoms with van der Waals surface area (Å²) in [6.45, 7) is 13.4. The van der Waals surface area contributed by atoms with Crippen LogP contribution in [0.25, 0.3) is 0 Å². The summed E-state index contributed by atoms with van der Waals surface area (Å²) in [5.41, 5.74) is 0. The Hall–Kier alpha value is -1.27. The van der Waals surface area contributed by atoms with Gasteiger partial charge in [0, 0.05) is 19.4 Å². The van der Waals surface area contributed by atoms with Crippen molar-refractivity contribution in [3.63, 3.8) is 0 Å². The molecule has 0 radical (unpaired) electrons. The van der Waals surface area contributed by atoms with Crippen molar-refractivity contribution in [2.75, 3.05) is 51.8 Å². The highest BCUT2D eigenvalue weighted by Crippen LogP contribution is 2.19. The van der Waals surface area contributed by atoms with Crippen LogP contribution in [0, 0.1) is 0 Å². The number of nitrogens with zero attached hydrogens (tertiary/aromatic N) is 1. The zero-order chi connectivity index (χ0) is 45.9. The highest BCUT2D eigenvalue weighted by Gasteiger charge is 2.22. The fraction of sp³-hybridized carbons (Fsp3) is 0.962. The molecule has 1 aliphatic heterocycles. The Bertz CT molecular complexity index is 1120. The third-order valence-electron chi connectivity index (χ3n) is 12.7. The first-order valence-corrected chi connectivity index (χ1v) is 28.7. The van der Waals surface area contributed by atoms with Crippen LogP contribution in [0.1, 0.15) is 252 Å². The number of carbonyl (C=O) groups is 2. The van der Waals surface area contributed by atoms with Gasteiger partial charge in [0.15, 0.2) is 0 Å². The van der Waals surface area contributed by atoms with Crippen LogP contribution < -0.4 is 4.72 Å². The van der Waals surface area contributed by atoms with Gasteiger partial charge in [-0.3, -0.25) is 9.59 Å². The molecule has 2 unspecified atom stereocenters. The van der Waals surface area contributed by atoms with E-state index in [1.807, 2.05) is 0 Å². The molecule has 0 aromatic rings. The van der Waals surface area contributed by atoms with Crippen molar-refractivity contribution in [2.45, 2.75) is 271 Å². The Morgan fingerprint density at radius 3 is 1.41 bits per heavy atom. The van der Waals surface area contributed by atoms with E-state index in [-0.39, 0.29) is 29.9 Å². The van der Waals surface area contributed by atoms with Gasteiger partial charge in [0.25, 0.3) is 0 Å². The van der Waals surface area contributed by atoms with Crippen LogP contribution in [0.4, 0.5) is 0 Å². The lowest BCUT2D eigenvalue weighted by atomic mass is 10.0. The van der Waals surface area contributed by atoms with Gasteiger partial charge in [0.05, 0.1) is 31.7 Å².